The molecule has 0 bridgehead atoms. The van der Waals surface area contributed by atoms with Crippen molar-refractivity contribution in [1.29, 1.82) is 0 Å². The number of methoxy groups -OCH3 is 1. The monoisotopic (exact) mass is 482 g/mol. The van der Waals surface area contributed by atoms with Crippen LogP contribution >= 0.6 is 0 Å². The number of hydrazine groups is 1. The van der Waals surface area contributed by atoms with Crippen LogP contribution in [0.2, 0.25) is 0 Å². The van der Waals surface area contributed by atoms with Crippen molar-refractivity contribution in [2.24, 2.45) is 0 Å². The van der Waals surface area contributed by atoms with Crippen LogP contribution in [0.15, 0.2) is 77.7 Å². The summed E-state index contributed by atoms with van der Waals surface area (Å²) >= 11 is 0. The molecule has 11 heteroatoms. The molecule has 0 aromatic heterocycles. The predicted octanol–water partition coefficient (Wildman–Crippen LogP) is 2.53. The maximum atomic E-state index is 12.8. The Balaban J connectivity index is 1.70. The molecule has 0 saturated carbocycles. The van der Waals surface area contributed by atoms with Gasteiger partial charge in [0.1, 0.15) is 5.75 Å². The van der Waals surface area contributed by atoms with E-state index in [4.69, 9.17) is 4.74 Å². The lowest BCUT2D eigenvalue weighted by atomic mass is 10.2. The van der Waals surface area contributed by atoms with Gasteiger partial charge >= 0.3 is 0 Å². The van der Waals surface area contributed by atoms with Gasteiger partial charge in [-0.15, -0.1) is 0 Å². The van der Waals surface area contributed by atoms with E-state index in [2.05, 4.69) is 20.9 Å². The molecule has 3 aromatic rings. The smallest absolute Gasteiger partial charge is 0.269 e. The zero-order chi connectivity index (χ0) is 24.7. The number of ether oxygens (including phenoxy) is 1. The van der Waals surface area contributed by atoms with Crippen LogP contribution in [0.1, 0.15) is 27.6 Å². The number of anilines is 2. The van der Waals surface area contributed by atoms with Crippen molar-refractivity contribution in [3.63, 3.8) is 0 Å². The highest BCUT2D eigenvalue weighted by Gasteiger charge is 2.18. The van der Waals surface area contributed by atoms with E-state index in [1.807, 2.05) is 0 Å². The van der Waals surface area contributed by atoms with Crippen molar-refractivity contribution < 1.29 is 27.5 Å². The first-order valence-corrected chi connectivity index (χ1v) is 11.4. The third-order valence-electron chi connectivity index (χ3n) is 4.49. The molecular formula is C23H22N4O6S. The highest BCUT2D eigenvalue weighted by molar-refractivity contribution is 7.92. The Morgan fingerprint density at radius 1 is 0.794 bits per heavy atom. The van der Waals surface area contributed by atoms with Crippen LogP contribution in [0.4, 0.5) is 11.4 Å². The summed E-state index contributed by atoms with van der Waals surface area (Å²) in [4.78, 5) is 35.9. The van der Waals surface area contributed by atoms with Crippen LogP contribution in [0, 0.1) is 0 Å². The van der Waals surface area contributed by atoms with Gasteiger partial charge in [-0.2, -0.15) is 0 Å². The summed E-state index contributed by atoms with van der Waals surface area (Å²) in [5.74, 6) is -1.30. The van der Waals surface area contributed by atoms with Crippen molar-refractivity contribution in [3.05, 3.63) is 83.9 Å². The molecule has 0 heterocycles. The van der Waals surface area contributed by atoms with Crippen LogP contribution in [0.25, 0.3) is 0 Å². The lowest BCUT2D eigenvalue weighted by Crippen LogP contribution is -2.41. The van der Waals surface area contributed by atoms with Crippen molar-refractivity contribution in [1.82, 2.24) is 10.9 Å². The third kappa shape index (κ3) is 6.11. The van der Waals surface area contributed by atoms with Gasteiger partial charge in [0.2, 0.25) is 5.91 Å². The van der Waals surface area contributed by atoms with Gasteiger partial charge in [-0.3, -0.25) is 30.0 Å². The molecule has 10 nitrogen and oxygen atoms in total. The molecule has 0 radical (unpaired) electrons. The van der Waals surface area contributed by atoms with Gasteiger partial charge in [0.15, 0.2) is 0 Å². The minimum Gasteiger partial charge on any atom is -0.495 e. The van der Waals surface area contributed by atoms with Crippen LogP contribution < -0.4 is 25.6 Å². The van der Waals surface area contributed by atoms with E-state index in [-0.39, 0.29) is 27.6 Å². The van der Waals surface area contributed by atoms with Gasteiger partial charge < -0.3 is 10.1 Å². The molecule has 0 spiro atoms. The second-order valence-electron chi connectivity index (χ2n) is 7.00. The topological polar surface area (TPSA) is 143 Å². The molecular weight excluding hydrogens is 460 g/mol. The van der Waals surface area contributed by atoms with Crippen LogP contribution in [-0.2, 0) is 14.8 Å². The summed E-state index contributed by atoms with van der Waals surface area (Å²) in [6.45, 7) is 1.34. The average Bonchev–Trinajstić information content (AvgIpc) is 2.82. The summed E-state index contributed by atoms with van der Waals surface area (Å²) in [5, 5.41) is 2.56. The molecule has 0 aliphatic rings. The molecule has 176 valence electrons. The number of carbonyl (C=O) groups is 3. The van der Waals surface area contributed by atoms with E-state index in [0.29, 0.717) is 11.4 Å². The Labute approximate surface area is 196 Å². The van der Waals surface area contributed by atoms with Crippen molar-refractivity contribution in [2.45, 2.75) is 11.8 Å². The molecule has 0 unspecified atom stereocenters. The minimum atomic E-state index is -4.02. The highest BCUT2D eigenvalue weighted by atomic mass is 32.2. The van der Waals surface area contributed by atoms with Gasteiger partial charge in [-0.25, -0.2) is 8.42 Å². The first-order valence-electron chi connectivity index (χ1n) is 9.94. The Bertz CT molecular complexity index is 1340. The van der Waals surface area contributed by atoms with Gasteiger partial charge in [-0.05, 0) is 48.5 Å². The third-order valence-corrected chi connectivity index (χ3v) is 5.86. The maximum Gasteiger partial charge on any atom is 0.269 e. The largest absolute Gasteiger partial charge is 0.495 e. The standard InChI is InChI=1S/C23H22N4O6S/c1-15(28)24-18-9-5-7-16(13-18)22(29)25-26-23(30)17-8-6-10-19(14-17)34(31,32)27-20-11-3-4-12-21(20)33-2/h3-14,27H,1-2H3,(H,24,28)(H,25,29)(H,26,30). The molecule has 0 atom stereocenters. The highest BCUT2D eigenvalue weighted by Crippen LogP contribution is 2.26. The SMILES string of the molecule is COc1ccccc1NS(=O)(=O)c1cccc(C(=O)NNC(=O)c2cccc(NC(C)=O)c2)c1. The summed E-state index contributed by atoms with van der Waals surface area (Å²) < 4.78 is 33.2. The predicted molar refractivity (Wildman–Crippen MR) is 126 cm³/mol. The van der Waals surface area contributed by atoms with Crippen LogP contribution in [0.5, 0.6) is 5.75 Å². The second kappa shape index (κ2) is 10.5. The Morgan fingerprint density at radius 3 is 2.06 bits per heavy atom. The molecule has 0 aliphatic heterocycles. The fraction of sp³-hybridized carbons (Fsp3) is 0.0870. The number of rotatable bonds is 7. The van der Waals surface area contributed by atoms with E-state index in [0.717, 1.165) is 0 Å². The zero-order valence-corrected chi connectivity index (χ0v) is 19.1. The molecule has 0 saturated heterocycles. The Morgan fingerprint density at radius 2 is 1.41 bits per heavy atom. The number of sulfonamides is 1. The van der Waals surface area contributed by atoms with Crippen LogP contribution in [-0.4, -0.2) is 33.2 Å². The Kier molecular flexibility index (Phi) is 7.49. The fourth-order valence-corrected chi connectivity index (χ4v) is 4.05. The number of benzene rings is 3. The number of para-hydroxylation sites is 2. The molecule has 0 fully saturated rings. The van der Waals surface area contributed by atoms with Gasteiger partial charge in [0.05, 0.1) is 17.7 Å². The number of hydrogen-bond donors (Lipinski definition) is 4. The van der Waals surface area contributed by atoms with Crippen molar-refractivity contribution in [3.8, 4) is 5.75 Å². The molecule has 3 amide bonds. The number of nitrogens with one attached hydrogen (secondary N) is 4. The summed E-state index contributed by atoms with van der Waals surface area (Å²) in [6.07, 6.45) is 0. The summed E-state index contributed by atoms with van der Waals surface area (Å²) in [5.41, 5.74) is 5.38. The zero-order valence-electron chi connectivity index (χ0n) is 18.3. The second-order valence-corrected chi connectivity index (χ2v) is 8.69. The molecule has 0 aliphatic carbocycles. The Hall–Kier alpha value is -4.38. The summed E-state index contributed by atoms with van der Waals surface area (Å²) in [7, 11) is -2.60. The molecule has 3 rings (SSSR count). The van der Waals surface area contributed by atoms with E-state index >= 15 is 0 Å². The van der Waals surface area contributed by atoms with Crippen molar-refractivity contribution in [2.75, 3.05) is 17.1 Å². The van der Waals surface area contributed by atoms with Crippen LogP contribution in [0.3, 0.4) is 0 Å². The van der Waals surface area contributed by atoms with E-state index in [9.17, 15) is 22.8 Å². The first-order chi connectivity index (χ1) is 16.2. The number of carbonyl (C=O) groups excluding carboxylic acids is 3. The fourth-order valence-electron chi connectivity index (χ4n) is 2.94. The molecule has 3 aromatic carbocycles. The summed E-state index contributed by atoms with van der Waals surface area (Å²) in [6, 6.07) is 18.0. The minimum absolute atomic E-state index is 0.00944. The van der Waals surface area contributed by atoms with Gasteiger partial charge in [-0.1, -0.05) is 24.3 Å². The van der Waals surface area contributed by atoms with E-state index in [1.54, 1.807) is 36.4 Å². The van der Waals surface area contributed by atoms with Crippen molar-refractivity contribution >= 4 is 39.1 Å². The van der Waals surface area contributed by atoms with E-state index in [1.165, 1.54) is 50.4 Å². The first kappa shape index (κ1) is 24.3. The van der Waals surface area contributed by atoms with Gasteiger partial charge in [0, 0.05) is 23.7 Å². The normalized spacial score (nSPS) is 10.6. The lowest BCUT2D eigenvalue weighted by Gasteiger charge is -2.12. The molecule has 34 heavy (non-hydrogen) atoms. The maximum absolute atomic E-state index is 12.8. The molecule has 4 N–H and O–H groups in total. The lowest BCUT2D eigenvalue weighted by molar-refractivity contribution is -0.114. The van der Waals surface area contributed by atoms with E-state index < -0.39 is 21.8 Å². The average molecular weight is 483 g/mol. The number of amides is 3. The van der Waals surface area contributed by atoms with Gasteiger partial charge in [0.25, 0.3) is 21.8 Å². The number of hydrogen-bond acceptors (Lipinski definition) is 6. The quantitative estimate of drug-likeness (QED) is 0.381.